The lowest BCUT2D eigenvalue weighted by molar-refractivity contribution is 0.102. The summed E-state index contributed by atoms with van der Waals surface area (Å²) < 4.78 is 1.01. The van der Waals surface area contributed by atoms with Crippen molar-refractivity contribution in [3.8, 4) is 0 Å². The first-order chi connectivity index (χ1) is 8.56. The SMILES string of the molecule is O=C(Nc1ccc(Cl)c(Cl)c1)c1cccc(I)c1. The van der Waals surface area contributed by atoms with Gasteiger partial charge in [0.2, 0.25) is 0 Å². The summed E-state index contributed by atoms with van der Waals surface area (Å²) in [6.45, 7) is 0. The summed E-state index contributed by atoms with van der Waals surface area (Å²) in [7, 11) is 0. The van der Waals surface area contributed by atoms with Gasteiger partial charge >= 0.3 is 0 Å². The van der Waals surface area contributed by atoms with E-state index in [-0.39, 0.29) is 5.91 Å². The van der Waals surface area contributed by atoms with E-state index in [0.29, 0.717) is 21.3 Å². The molecular weight excluding hydrogens is 384 g/mol. The van der Waals surface area contributed by atoms with Crippen LogP contribution in [0.4, 0.5) is 5.69 Å². The van der Waals surface area contributed by atoms with Gasteiger partial charge < -0.3 is 5.32 Å². The van der Waals surface area contributed by atoms with Crippen LogP contribution in [0.5, 0.6) is 0 Å². The fraction of sp³-hybridized carbons (Fsp3) is 0. The highest BCUT2D eigenvalue weighted by atomic mass is 127. The van der Waals surface area contributed by atoms with E-state index < -0.39 is 0 Å². The van der Waals surface area contributed by atoms with Crippen LogP contribution in [0, 0.1) is 3.57 Å². The van der Waals surface area contributed by atoms with Crippen LogP contribution in [-0.2, 0) is 0 Å². The molecule has 0 unspecified atom stereocenters. The molecule has 0 saturated heterocycles. The normalized spacial score (nSPS) is 10.2. The van der Waals surface area contributed by atoms with E-state index in [4.69, 9.17) is 23.2 Å². The second-order valence-electron chi connectivity index (χ2n) is 3.59. The number of anilines is 1. The number of rotatable bonds is 2. The molecular formula is C13H8Cl2INO. The minimum atomic E-state index is -0.174. The van der Waals surface area contributed by atoms with Gasteiger partial charge in [-0.2, -0.15) is 0 Å². The van der Waals surface area contributed by atoms with E-state index in [1.807, 2.05) is 18.2 Å². The van der Waals surface area contributed by atoms with Gasteiger partial charge in [-0.15, -0.1) is 0 Å². The number of amides is 1. The fourth-order valence-electron chi connectivity index (χ4n) is 1.41. The molecule has 18 heavy (non-hydrogen) atoms. The van der Waals surface area contributed by atoms with Crippen LogP contribution >= 0.6 is 45.8 Å². The van der Waals surface area contributed by atoms with Crippen LogP contribution in [0.1, 0.15) is 10.4 Å². The Labute approximate surface area is 128 Å². The summed E-state index contributed by atoms with van der Waals surface area (Å²) in [5, 5.41) is 3.64. The van der Waals surface area contributed by atoms with E-state index in [1.54, 1.807) is 24.3 Å². The zero-order chi connectivity index (χ0) is 13.1. The number of benzene rings is 2. The Balaban J connectivity index is 2.18. The topological polar surface area (TPSA) is 29.1 Å². The van der Waals surface area contributed by atoms with Gasteiger partial charge in [0.05, 0.1) is 10.0 Å². The molecule has 2 aromatic rings. The standard InChI is InChI=1S/C13H8Cl2INO/c14-11-5-4-10(7-12(11)15)17-13(18)8-2-1-3-9(16)6-8/h1-7H,(H,17,18). The first kappa shape index (κ1) is 13.6. The maximum absolute atomic E-state index is 12.0. The molecule has 0 bridgehead atoms. The first-order valence-electron chi connectivity index (χ1n) is 5.08. The van der Waals surface area contributed by atoms with Crippen LogP contribution < -0.4 is 5.32 Å². The summed E-state index contributed by atoms with van der Waals surface area (Å²) in [4.78, 5) is 12.0. The molecule has 1 amide bonds. The van der Waals surface area contributed by atoms with Gasteiger partial charge in [0.15, 0.2) is 0 Å². The van der Waals surface area contributed by atoms with E-state index in [1.165, 1.54) is 0 Å². The van der Waals surface area contributed by atoms with E-state index in [2.05, 4.69) is 27.9 Å². The molecule has 2 nitrogen and oxygen atoms in total. The Morgan fingerprint density at radius 3 is 2.50 bits per heavy atom. The van der Waals surface area contributed by atoms with Gasteiger partial charge in [0, 0.05) is 14.8 Å². The van der Waals surface area contributed by atoms with Crippen molar-refractivity contribution in [2.75, 3.05) is 5.32 Å². The van der Waals surface area contributed by atoms with Crippen LogP contribution in [0.3, 0.4) is 0 Å². The minimum absolute atomic E-state index is 0.174. The quantitative estimate of drug-likeness (QED) is 0.728. The lowest BCUT2D eigenvalue weighted by Crippen LogP contribution is -2.11. The molecule has 0 spiro atoms. The highest BCUT2D eigenvalue weighted by molar-refractivity contribution is 14.1. The molecule has 92 valence electrons. The summed E-state index contributed by atoms with van der Waals surface area (Å²) >= 11 is 13.9. The maximum Gasteiger partial charge on any atom is 0.255 e. The number of hydrogen-bond donors (Lipinski definition) is 1. The van der Waals surface area contributed by atoms with Crippen LogP contribution in [0.15, 0.2) is 42.5 Å². The Bertz CT molecular complexity index is 601. The predicted molar refractivity (Wildman–Crippen MR) is 83.6 cm³/mol. The van der Waals surface area contributed by atoms with Crippen molar-refractivity contribution in [2.45, 2.75) is 0 Å². The second-order valence-corrected chi connectivity index (χ2v) is 5.65. The van der Waals surface area contributed by atoms with Crippen LogP contribution in [0.25, 0.3) is 0 Å². The van der Waals surface area contributed by atoms with Gasteiger partial charge in [0.1, 0.15) is 0 Å². The Hall–Kier alpha value is -0.780. The highest BCUT2D eigenvalue weighted by Gasteiger charge is 2.07. The monoisotopic (exact) mass is 391 g/mol. The number of nitrogens with one attached hydrogen (secondary N) is 1. The molecule has 0 heterocycles. The molecule has 0 saturated carbocycles. The third kappa shape index (κ3) is 3.37. The Morgan fingerprint density at radius 2 is 1.83 bits per heavy atom. The molecule has 0 atom stereocenters. The molecule has 2 rings (SSSR count). The summed E-state index contributed by atoms with van der Waals surface area (Å²) in [6, 6.07) is 12.3. The average molecular weight is 392 g/mol. The number of hydrogen-bond acceptors (Lipinski definition) is 1. The van der Waals surface area contributed by atoms with Crippen molar-refractivity contribution < 1.29 is 4.79 Å². The zero-order valence-corrected chi connectivity index (χ0v) is 12.8. The fourth-order valence-corrected chi connectivity index (χ4v) is 2.25. The molecule has 0 fully saturated rings. The number of carbonyl (C=O) groups is 1. The highest BCUT2D eigenvalue weighted by Crippen LogP contribution is 2.25. The first-order valence-corrected chi connectivity index (χ1v) is 6.92. The lowest BCUT2D eigenvalue weighted by Gasteiger charge is -2.06. The molecule has 0 aliphatic rings. The largest absolute Gasteiger partial charge is 0.322 e. The van der Waals surface area contributed by atoms with Crippen LogP contribution in [-0.4, -0.2) is 5.91 Å². The van der Waals surface area contributed by atoms with Gasteiger partial charge in [-0.25, -0.2) is 0 Å². The number of halogens is 3. The minimum Gasteiger partial charge on any atom is -0.322 e. The van der Waals surface area contributed by atoms with E-state index >= 15 is 0 Å². The molecule has 5 heteroatoms. The van der Waals surface area contributed by atoms with Crippen molar-refractivity contribution in [3.63, 3.8) is 0 Å². The Morgan fingerprint density at radius 1 is 1.06 bits per heavy atom. The second kappa shape index (κ2) is 5.91. The molecule has 0 aliphatic heterocycles. The summed E-state index contributed by atoms with van der Waals surface area (Å²) in [6.07, 6.45) is 0. The van der Waals surface area contributed by atoms with Crippen molar-refractivity contribution in [2.24, 2.45) is 0 Å². The van der Waals surface area contributed by atoms with Crippen molar-refractivity contribution >= 4 is 57.4 Å². The van der Waals surface area contributed by atoms with E-state index in [0.717, 1.165) is 3.57 Å². The van der Waals surface area contributed by atoms with Gasteiger partial charge in [-0.3, -0.25) is 4.79 Å². The van der Waals surface area contributed by atoms with Crippen molar-refractivity contribution in [1.82, 2.24) is 0 Å². The lowest BCUT2D eigenvalue weighted by atomic mass is 10.2. The van der Waals surface area contributed by atoms with E-state index in [9.17, 15) is 4.79 Å². The van der Waals surface area contributed by atoms with Gasteiger partial charge in [-0.1, -0.05) is 29.3 Å². The van der Waals surface area contributed by atoms with Crippen molar-refractivity contribution in [3.05, 3.63) is 61.6 Å². The molecule has 1 N–H and O–H groups in total. The van der Waals surface area contributed by atoms with Crippen LogP contribution in [0.2, 0.25) is 10.0 Å². The Kier molecular flexibility index (Phi) is 4.48. The smallest absolute Gasteiger partial charge is 0.255 e. The molecule has 0 aromatic heterocycles. The third-order valence-corrected chi connectivity index (χ3v) is 3.67. The van der Waals surface area contributed by atoms with Crippen molar-refractivity contribution in [1.29, 1.82) is 0 Å². The summed E-state index contributed by atoms with van der Waals surface area (Å²) in [5.41, 5.74) is 1.22. The number of carbonyl (C=O) groups excluding carboxylic acids is 1. The molecule has 2 aromatic carbocycles. The summed E-state index contributed by atoms with van der Waals surface area (Å²) in [5.74, 6) is -0.174. The van der Waals surface area contributed by atoms with Gasteiger partial charge in [0.25, 0.3) is 5.91 Å². The molecule has 0 radical (unpaired) electrons. The zero-order valence-electron chi connectivity index (χ0n) is 9.08. The maximum atomic E-state index is 12.0. The third-order valence-electron chi connectivity index (χ3n) is 2.26. The predicted octanol–water partition coefficient (Wildman–Crippen LogP) is 4.85. The average Bonchev–Trinajstić information content (AvgIpc) is 2.34. The molecule has 0 aliphatic carbocycles. The van der Waals surface area contributed by atoms with Gasteiger partial charge in [-0.05, 0) is 59.0 Å².